The molecule has 0 saturated carbocycles. The standard InChI is InChI=1S/C24H22N2OSi.C14H13B/c1-2-27-22-14-9-15-23(18-22)28-24(26-17-16-25-19-26,20-10-5-3-6-11-20)21-12-7-4-8-13-21;1-2-15(13-9-5-3-6-10-13)14-11-7-4-8-12-14/h3-19H,2H2,1H3;2-12H,1H2. The zero-order chi connectivity index (χ0) is 29.7. The first-order valence-electron chi connectivity index (χ1n) is 14.6. The van der Waals surface area contributed by atoms with E-state index in [9.17, 15) is 0 Å². The minimum absolute atomic E-state index is 0.299. The summed E-state index contributed by atoms with van der Waals surface area (Å²) in [6.45, 7) is 6.89. The molecule has 0 aliphatic rings. The van der Waals surface area contributed by atoms with Crippen molar-refractivity contribution in [2.45, 2.75) is 12.1 Å². The van der Waals surface area contributed by atoms with Crippen LogP contribution in [0.15, 0.2) is 177 Å². The van der Waals surface area contributed by atoms with E-state index in [4.69, 9.17) is 4.74 Å². The number of rotatable bonds is 10. The van der Waals surface area contributed by atoms with Crippen LogP contribution in [-0.4, -0.2) is 32.4 Å². The minimum atomic E-state index is -0.371. The average molecular weight is 575 g/mol. The van der Waals surface area contributed by atoms with E-state index in [1.54, 1.807) is 0 Å². The number of imidazole rings is 1. The van der Waals surface area contributed by atoms with Crippen LogP contribution in [0.5, 0.6) is 5.75 Å². The zero-order valence-electron chi connectivity index (χ0n) is 24.5. The topological polar surface area (TPSA) is 27.1 Å². The Labute approximate surface area is 258 Å². The van der Waals surface area contributed by atoms with Gasteiger partial charge in [-0.25, -0.2) is 4.98 Å². The van der Waals surface area contributed by atoms with Gasteiger partial charge in [0.2, 0.25) is 6.71 Å². The molecule has 0 aliphatic carbocycles. The zero-order valence-corrected chi connectivity index (χ0v) is 25.5. The van der Waals surface area contributed by atoms with Crippen LogP contribution in [0.4, 0.5) is 0 Å². The first kappa shape index (κ1) is 29.6. The van der Waals surface area contributed by atoms with Crippen LogP contribution < -0.4 is 20.8 Å². The van der Waals surface area contributed by atoms with Crippen molar-refractivity contribution in [2.75, 3.05) is 6.61 Å². The molecule has 3 nitrogen and oxygen atoms in total. The maximum atomic E-state index is 5.75. The van der Waals surface area contributed by atoms with Gasteiger partial charge in [-0.2, -0.15) is 0 Å². The lowest BCUT2D eigenvalue weighted by Crippen LogP contribution is -2.46. The highest BCUT2D eigenvalue weighted by atomic mass is 28.2. The van der Waals surface area contributed by atoms with E-state index in [0.717, 1.165) is 5.75 Å². The molecule has 0 N–H and O–H groups in total. The first-order valence-corrected chi connectivity index (χ1v) is 15.6. The van der Waals surface area contributed by atoms with E-state index in [1.165, 1.54) is 27.2 Å². The molecule has 6 aromatic rings. The van der Waals surface area contributed by atoms with Crippen molar-refractivity contribution in [1.29, 1.82) is 0 Å². The van der Waals surface area contributed by atoms with Crippen LogP contribution in [0.3, 0.4) is 0 Å². The maximum Gasteiger partial charge on any atom is 0.233 e. The number of nitrogens with zero attached hydrogens (tertiary/aromatic N) is 2. The normalized spacial score (nSPS) is 10.7. The van der Waals surface area contributed by atoms with Gasteiger partial charge >= 0.3 is 0 Å². The van der Waals surface area contributed by atoms with E-state index in [2.05, 4.69) is 150 Å². The Balaban J connectivity index is 0.000000207. The third-order valence-corrected chi connectivity index (χ3v) is 9.10. The van der Waals surface area contributed by atoms with Crippen molar-refractivity contribution in [1.82, 2.24) is 9.55 Å². The lowest BCUT2D eigenvalue weighted by atomic mass is 9.41. The Bertz CT molecular complexity index is 1580. The average Bonchev–Trinajstić information content (AvgIpc) is 3.62. The number of ether oxygens (including phenoxy) is 1. The largest absolute Gasteiger partial charge is 0.494 e. The SMILES string of the molecule is C=CB(c1ccccc1)c1ccccc1.CCOc1cccc([Si]C(c2ccccc2)(c2ccccc2)n2ccnc2)c1. The number of hydrogen-bond acceptors (Lipinski definition) is 2. The van der Waals surface area contributed by atoms with Crippen LogP contribution in [0.25, 0.3) is 0 Å². The number of benzene rings is 5. The van der Waals surface area contributed by atoms with Gasteiger partial charge in [-0.1, -0.05) is 150 Å². The summed E-state index contributed by atoms with van der Waals surface area (Å²) >= 11 is 0. The second-order valence-electron chi connectivity index (χ2n) is 10.0. The van der Waals surface area contributed by atoms with Gasteiger partial charge in [-0.3, -0.25) is 0 Å². The molecule has 0 saturated heterocycles. The maximum absolute atomic E-state index is 5.75. The first-order chi connectivity index (χ1) is 21.2. The molecule has 0 fully saturated rings. The van der Waals surface area contributed by atoms with Crippen LogP contribution >= 0.6 is 0 Å². The van der Waals surface area contributed by atoms with E-state index in [0.29, 0.717) is 22.8 Å². The van der Waals surface area contributed by atoms with Crippen LogP contribution in [0.2, 0.25) is 0 Å². The van der Waals surface area contributed by atoms with Crippen LogP contribution in [-0.2, 0) is 5.16 Å². The molecule has 5 heteroatoms. The predicted molar refractivity (Wildman–Crippen MR) is 182 cm³/mol. The Morgan fingerprint density at radius 2 is 1.28 bits per heavy atom. The molecular formula is C38H35BN2OSi. The Kier molecular flexibility index (Phi) is 10.2. The van der Waals surface area contributed by atoms with Crippen molar-refractivity contribution in [3.8, 4) is 5.75 Å². The molecular weight excluding hydrogens is 539 g/mol. The molecule has 5 aromatic carbocycles. The molecule has 2 radical (unpaired) electrons. The molecule has 1 aromatic heterocycles. The van der Waals surface area contributed by atoms with Gasteiger partial charge < -0.3 is 9.30 Å². The molecule has 0 unspecified atom stereocenters. The van der Waals surface area contributed by atoms with E-state index in [1.807, 2.05) is 43.6 Å². The number of hydrogen-bond donors (Lipinski definition) is 0. The third-order valence-electron chi connectivity index (χ3n) is 7.30. The highest BCUT2D eigenvalue weighted by molar-refractivity contribution is 6.89. The molecule has 0 spiro atoms. The highest BCUT2D eigenvalue weighted by Crippen LogP contribution is 2.33. The molecule has 0 bridgehead atoms. The van der Waals surface area contributed by atoms with Crippen molar-refractivity contribution < 1.29 is 4.74 Å². The predicted octanol–water partition coefficient (Wildman–Crippen LogP) is 6.08. The van der Waals surface area contributed by atoms with Crippen molar-refractivity contribution in [2.24, 2.45) is 0 Å². The van der Waals surface area contributed by atoms with E-state index < -0.39 is 0 Å². The molecule has 1 heterocycles. The van der Waals surface area contributed by atoms with E-state index in [-0.39, 0.29) is 5.16 Å². The fourth-order valence-corrected chi connectivity index (χ4v) is 7.01. The lowest BCUT2D eigenvalue weighted by Gasteiger charge is -2.36. The second kappa shape index (κ2) is 14.9. The summed E-state index contributed by atoms with van der Waals surface area (Å²) in [6.07, 6.45) is 5.82. The van der Waals surface area contributed by atoms with Gasteiger partial charge in [0, 0.05) is 12.4 Å². The molecule has 0 aliphatic heterocycles. The quantitative estimate of drug-likeness (QED) is 0.186. The van der Waals surface area contributed by atoms with Gasteiger partial charge in [-0.05, 0) is 30.2 Å². The summed E-state index contributed by atoms with van der Waals surface area (Å²) in [6, 6.07) is 50.6. The monoisotopic (exact) mass is 574 g/mol. The fourth-order valence-electron chi connectivity index (χ4n) is 5.31. The Morgan fingerprint density at radius 1 is 0.744 bits per heavy atom. The minimum Gasteiger partial charge on any atom is -0.494 e. The lowest BCUT2D eigenvalue weighted by molar-refractivity contribution is 0.340. The van der Waals surface area contributed by atoms with Gasteiger partial charge in [0.25, 0.3) is 0 Å². The Hall–Kier alpha value is -4.87. The molecule has 0 amide bonds. The summed E-state index contributed by atoms with van der Waals surface area (Å²) in [5.41, 5.74) is 5.05. The van der Waals surface area contributed by atoms with Gasteiger partial charge in [-0.15, -0.1) is 12.6 Å². The fraction of sp³-hybridized carbons (Fsp3) is 0.0789. The van der Waals surface area contributed by atoms with Crippen molar-refractivity contribution in [3.63, 3.8) is 0 Å². The molecule has 6 rings (SSSR count). The van der Waals surface area contributed by atoms with Crippen molar-refractivity contribution in [3.05, 3.63) is 188 Å². The summed E-state index contributed by atoms with van der Waals surface area (Å²) in [4.78, 5) is 4.37. The van der Waals surface area contributed by atoms with Gasteiger partial charge in [0.1, 0.15) is 15.3 Å². The Morgan fingerprint density at radius 3 is 1.74 bits per heavy atom. The summed E-state index contributed by atoms with van der Waals surface area (Å²) in [5.74, 6) is 2.90. The second-order valence-corrected chi connectivity index (χ2v) is 11.6. The summed E-state index contributed by atoms with van der Waals surface area (Å²) in [7, 11) is 0.459. The van der Waals surface area contributed by atoms with Gasteiger partial charge in [0.15, 0.2) is 0 Å². The van der Waals surface area contributed by atoms with Crippen LogP contribution in [0, 0.1) is 0 Å². The molecule has 210 valence electrons. The highest BCUT2D eigenvalue weighted by Gasteiger charge is 2.37. The van der Waals surface area contributed by atoms with Crippen molar-refractivity contribution >= 4 is 32.3 Å². The summed E-state index contributed by atoms with van der Waals surface area (Å²) in [5, 5.41) is 0.872. The third kappa shape index (κ3) is 7.14. The van der Waals surface area contributed by atoms with Crippen LogP contribution in [0.1, 0.15) is 18.1 Å². The molecule has 43 heavy (non-hydrogen) atoms. The number of aromatic nitrogens is 2. The van der Waals surface area contributed by atoms with Gasteiger partial charge in [0.05, 0.1) is 18.1 Å². The van der Waals surface area contributed by atoms with E-state index >= 15 is 0 Å². The smallest absolute Gasteiger partial charge is 0.233 e. The molecule has 0 atom stereocenters. The summed E-state index contributed by atoms with van der Waals surface area (Å²) < 4.78 is 7.97.